The Morgan fingerprint density at radius 3 is 2.15 bits per heavy atom. The van der Waals surface area contributed by atoms with Crippen LogP contribution in [0.1, 0.15) is 42.5 Å². The summed E-state index contributed by atoms with van der Waals surface area (Å²) in [6.45, 7) is 9.34. The first-order valence-corrected chi connectivity index (χ1v) is 14.8. The maximum absolute atomic E-state index is 14.1. The highest BCUT2D eigenvalue weighted by atomic mass is 32.2. The van der Waals surface area contributed by atoms with Gasteiger partial charge in [0.25, 0.3) is 10.0 Å². The summed E-state index contributed by atoms with van der Waals surface area (Å²) in [5, 5.41) is 2.81. The number of anilines is 1. The van der Waals surface area contributed by atoms with Crippen molar-refractivity contribution in [3.63, 3.8) is 0 Å². The predicted octanol–water partition coefficient (Wildman–Crippen LogP) is 4.76. The van der Waals surface area contributed by atoms with Gasteiger partial charge in [-0.3, -0.25) is 13.9 Å². The molecule has 0 fully saturated rings. The van der Waals surface area contributed by atoms with E-state index in [0.717, 1.165) is 26.6 Å². The van der Waals surface area contributed by atoms with Gasteiger partial charge in [0.05, 0.1) is 17.7 Å². The van der Waals surface area contributed by atoms with Crippen molar-refractivity contribution in [2.75, 3.05) is 24.5 Å². The number of benzene rings is 3. The maximum atomic E-state index is 14.1. The average Bonchev–Trinajstić information content (AvgIpc) is 2.94. The number of aryl methyl sites for hydroxylation is 2. The van der Waals surface area contributed by atoms with Crippen LogP contribution < -0.4 is 14.4 Å². The van der Waals surface area contributed by atoms with E-state index in [1.165, 1.54) is 4.90 Å². The van der Waals surface area contributed by atoms with Gasteiger partial charge in [-0.2, -0.15) is 0 Å². The first kappa shape index (κ1) is 30.7. The standard InChI is InChI=1S/C31H39N3O5S/c1-7-28(31(36)32-8-2)33(20-25-14-16-26(39-6)17-15-25)30(35)21-34(29-11-9-10-23(4)24(29)5)40(37,38)27-18-12-22(3)13-19-27/h9-19,28H,7-8,20-21H2,1-6H3,(H,32,36)/t28-/m0/s1. The van der Waals surface area contributed by atoms with E-state index < -0.39 is 28.5 Å². The lowest BCUT2D eigenvalue weighted by atomic mass is 10.1. The number of amides is 2. The van der Waals surface area contributed by atoms with E-state index in [4.69, 9.17) is 4.74 Å². The van der Waals surface area contributed by atoms with Crippen molar-refractivity contribution in [2.24, 2.45) is 0 Å². The van der Waals surface area contributed by atoms with E-state index in [9.17, 15) is 18.0 Å². The molecule has 0 heterocycles. The van der Waals surface area contributed by atoms with Crippen LogP contribution >= 0.6 is 0 Å². The van der Waals surface area contributed by atoms with Gasteiger partial charge >= 0.3 is 0 Å². The summed E-state index contributed by atoms with van der Waals surface area (Å²) in [5.41, 5.74) is 3.79. The minimum absolute atomic E-state index is 0.0873. The van der Waals surface area contributed by atoms with Gasteiger partial charge in [-0.1, -0.05) is 48.9 Å². The lowest BCUT2D eigenvalue weighted by molar-refractivity contribution is -0.140. The van der Waals surface area contributed by atoms with Crippen molar-refractivity contribution >= 4 is 27.5 Å². The molecule has 0 aliphatic heterocycles. The van der Waals surface area contributed by atoms with Gasteiger partial charge in [0.2, 0.25) is 11.8 Å². The third-order valence-corrected chi connectivity index (χ3v) is 8.76. The first-order valence-electron chi connectivity index (χ1n) is 13.4. The minimum atomic E-state index is -4.11. The van der Waals surface area contributed by atoms with Crippen LogP contribution in [0.3, 0.4) is 0 Å². The number of carbonyl (C=O) groups excluding carboxylic acids is 2. The molecular formula is C31H39N3O5S. The number of hydrogen-bond acceptors (Lipinski definition) is 5. The van der Waals surface area contributed by atoms with Crippen molar-refractivity contribution in [1.82, 2.24) is 10.2 Å². The smallest absolute Gasteiger partial charge is 0.264 e. The topological polar surface area (TPSA) is 96.0 Å². The molecule has 1 atom stereocenters. The summed E-state index contributed by atoms with van der Waals surface area (Å²) in [6, 6.07) is 18.4. The second kappa shape index (κ2) is 13.5. The van der Waals surface area contributed by atoms with E-state index in [1.54, 1.807) is 55.6 Å². The fraction of sp³-hybridized carbons (Fsp3) is 0.355. The molecule has 0 aliphatic carbocycles. The number of likely N-dealkylation sites (N-methyl/N-ethyl adjacent to an activating group) is 1. The Bertz CT molecular complexity index is 1420. The van der Waals surface area contributed by atoms with E-state index in [-0.39, 0.29) is 17.3 Å². The lowest BCUT2D eigenvalue weighted by Gasteiger charge is -2.33. The summed E-state index contributed by atoms with van der Waals surface area (Å²) >= 11 is 0. The average molecular weight is 566 g/mol. The molecule has 214 valence electrons. The molecule has 8 nitrogen and oxygen atoms in total. The van der Waals surface area contributed by atoms with Crippen molar-refractivity contribution < 1.29 is 22.7 Å². The number of carbonyl (C=O) groups is 2. The Kier molecular flexibility index (Phi) is 10.3. The molecule has 3 aromatic rings. The largest absolute Gasteiger partial charge is 0.497 e. The van der Waals surface area contributed by atoms with Crippen molar-refractivity contribution in [3.8, 4) is 5.75 Å². The minimum Gasteiger partial charge on any atom is -0.497 e. The van der Waals surface area contributed by atoms with Gasteiger partial charge < -0.3 is 15.0 Å². The molecule has 0 saturated carbocycles. The highest BCUT2D eigenvalue weighted by Gasteiger charge is 2.34. The molecule has 0 aliphatic rings. The van der Waals surface area contributed by atoms with Crippen molar-refractivity contribution in [3.05, 3.63) is 89.0 Å². The molecule has 0 radical (unpaired) electrons. The molecule has 0 unspecified atom stereocenters. The predicted molar refractivity (Wildman–Crippen MR) is 158 cm³/mol. The zero-order valence-electron chi connectivity index (χ0n) is 24.1. The number of hydrogen-bond donors (Lipinski definition) is 1. The van der Waals surface area contributed by atoms with Crippen LogP contribution in [0.5, 0.6) is 5.75 Å². The van der Waals surface area contributed by atoms with E-state index in [0.29, 0.717) is 24.4 Å². The molecule has 0 bridgehead atoms. The van der Waals surface area contributed by atoms with E-state index >= 15 is 0 Å². The molecule has 3 aromatic carbocycles. The summed E-state index contributed by atoms with van der Waals surface area (Å²) in [7, 11) is -2.54. The third kappa shape index (κ3) is 7.01. The Balaban J connectivity index is 2.09. The zero-order chi connectivity index (χ0) is 29.4. The van der Waals surface area contributed by atoms with E-state index in [2.05, 4.69) is 5.32 Å². The highest BCUT2D eigenvalue weighted by molar-refractivity contribution is 7.92. The summed E-state index contributed by atoms with van der Waals surface area (Å²) in [4.78, 5) is 28.7. The summed E-state index contributed by atoms with van der Waals surface area (Å²) in [6.07, 6.45) is 0.363. The van der Waals surface area contributed by atoms with Crippen LogP contribution in [-0.4, -0.2) is 51.4 Å². The van der Waals surface area contributed by atoms with Crippen LogP contribution in [0.25, 0.3) is 0 Å². The summed E-state index contributed by atoms with van der Waals surface area (Å²) < 4.78 is 34.5. The van der Waals surface area contributed by atoms with Gasteiger partial charge in [-0.05, 0) is 81.1 Å². The monoisotopic (exact) mass is 565 g/mol. The number of methoxy groups -OCH3 is 1. The normalized spacial score (nSPS) is 11.9. The lowest BCUT2D eigenvalue weighted by Crippen LogP contribution is -2.52. The van der Waals surface area contributed by atoms with Gasteiger partial charge in [0, 0.05) is 13.1 Å². The number of sulfonamides is 1. The van der Waals surface area contributed by atoms with Crippen LogP contribution in [0.2, 0.25) is 0 Å². The number of nitrogens with zero attached hydrogens (tertiary/aromatic N) is 2. The molecule has 0 aromatic heterocycles. The van der Waals surface area contributed by atoms with Crippen molar-refractivity contribution in [2.45, 2.75) is 58.5 Å². The third-order valence-electron chi connectivity index (χ3n) is 6.98. The van der Waals surface area contributed by atoms with E-state index in [1.807, 2.05) is 52.8 Å². The molecule has 2 amide bonds. The molecule has 3 rings (SSSR count). The second-order valence-corrected chi connectivity index (χ2v) is 11.6. The molecule has 0 spiro atoms. The summed E-state index contributed by atoms with van der Waals surface area (Å²) in [5.74, 6) is -0.0975. The van der Waals surface area contributed by atoms with Crippen LogP contribution in [0.4, 0.5) is 5.69 Å². The zero-order valence-corrected chi connectivity index (χ0v) is 24.9. The van der Waals surface area contributed by atoms with Crippen LogP contribution in [-0.2, 0) is 26.2 Å². The van der Waals surface area contributed by atoms with Crippen LogP contribution in [0, 0.1) is 20.8 Å². The van der Waals surface area contributed by atoms with Gasteiger partial charge in [-0.15, -0.1) is 0 Å². The number of ether oxygens (including phenoxy) is 1. The Hall–Kier alpha value is -3.85. The quantitative estimate of drug-likeness (QED) is 0.342. The first-order chi connectivity index (χ1) is 19.0. The number of nitrogens with one attached hydrogen (secondary N) is 1. The molecule has 9 heteroatoms. The number of rotatable bonds is 12. The SMILES string of the molecule is CCNC(=O)[C@H](CC)N(Cc1ccc(OC)cc1)C(=O)CN(c1cccc(C)c1C)S(=O)(=O)c1ccc(C)cc1. The van der Waals surface area contributed by atoms with Gasteiger partial charge in [-0.25, -0.2) is 8.42 Å². The highest BCUT2D eigenvalue weighted by Crippen LogP contribution is 2.29. The second-order valence-electron chi connectivity index (χ2n) is 9.73. The van der Waals surface area contributed by atoms with Gasteiger partial charge in [0.15, 0.2) is 0 Å². The Morgan fingerprint density at radius 1 is 0.925 bits per heavy atom. The maximum Gasteiger partial charge on any atom is 0.264 e. The van der Waals surface area contributed by atoms with Crippen molar-refractivity contribution in [1.29, 1.82) is 0 Å². The van der Waals surface area contributed by atoms with Gasteiger partial charge in [0.1, 0.15) is 18.3 Å². The fourth-order valence-corrected chi connectivity index (χ4v) is 5.97. The Morgan fingerprint density at radius 2 is 1.57 bits per heavy atom. The Labute approximate surface area is 238 Å². The molecule has 1 N–H and O–H groups in total. The molecule has 0 saturated heterocycles. The molecule has 40 heavy (non-hydrogen) atoms. The fourth-order valence-electron chi connectivity index (χ4n) is 4.50. The van der Waals surface area contributed by atoms with Crippen LogP contribution in [0.15, 0.2) is 71.6 Å². The molecular weight excluding hydrogens is 526 g/mol.